The number of para-hydroxylation sites is 1. The van der Waals surface area contributed by atoms with Gasteiger partial charge >= 0.3 is 0 Å². The molecule has 0 spiro atoms. The quantitative estimate of drug-likeness (QED) is 0.238. The number of benzene rings is 2. The van der Waals surface area contributed by atoms with Crippen molar-refractivity contribution < 1.29 is 14.0 Å². The van der Waals surface area contributed by atoms with Gasteiger partial charge in [-0.2, -0.15) is 0 Å². The molecule has 0 unspecified atom stereocenters. The Balaban J connectivity index is 1.38. The molecule has 0 saturated heterocycles. The molecule has 2 aromatic carbocycles. The number of hydrogen-bond acceptors (Lipinski definition) is 6. The zero-order valence-electron chi connectivity index (χ0n) is 20.0. The van der Waals surface area contributed by atoms with Crippen molar-refractivity contribution in [1.82, 2.24) is 20.2 Å². The first-order chi connectivity index (χ1) is 17.5. The molecule has 2 N–H and O–H groups in total. The molecule has 0 aliphatic heterocycles. The third kappa shape index (κ3) is 6.85. The van der Waals surface area contributed by atoms with Gasteiger partial charge in [0, 0.05) is 19.5 Å². The molecule has 2 heterocycles. The van der Waals surface area contributed by atoms with E-state index < -0.39 is 0 Å². The van der Waals surface area contributed by atoms with Gasteiger partial charge in [0.05, 0.1) is 29.5 Å². The first-order valence-electron chi connectivity index (χ1n) is 11.7. The summed E-state index contributed by atoms with van der Waals surface area (Å²) in [6.45, 7) is 3.09. The minimum atomic E-state index is -0.181. The van der Waals surface area contributed by atoms with Crippen LogP contribution < -0.4 is 16.2 Å². The van der Waals surface area contributed by atoms with Crippen molar-refractivity contribution in [3.63, 3.8) is 0 Å². The average Bonchev–Trinajstić information content (AvgIpc) is 3.41. The molecule has 36 heavy (non-hydrogen) atoms. The molecule has 2 amide bonds. The molecule has 4 rings (SSSR count). The number of rotatable bonds is 11. The fourth-order valence-electron chi connectivity index (χ4n) is 3.63. The van der Waals surface area contributed by atoms with Crippen LogP contribution in [0.4, 0.5) is 0 Å². The number of carbonyl (C=O) groups is 2. The van der Waals surface area contributed by atoms with Crippen molar-refractivity contribution in [3.8, 4) is 0 Å². The van der Waals surface area contributed by atoms with Crippen LogP contribution in [0.2, 0.25) is 0 Å². The number of furan rings is 1. The zero-order chi connectivity index (χ0) is 25.3. The van der Waals surface area contributed by atoms with E-state index >= 15 is 0 Å². The van der Waals surface area contributed by atoms with Gasteiger partial charge < -0.3 is 15.1 Å². The Kier molecular flexibility index (Phi) is 8.57. The van der Waals surface area contributed by atoms with Crippen molar-refractivity contribution in [2.45, 2.75) is 44.6 Å². The second-order valence-electron chi connectivity index (χ2n) is 8.38. The maximum Gasteiger partial charge on any atom is 0.262 e. The fourth-order valence-corrected chi connectivity index (χ4v) is 4.48. The molecular formula is C27H28N4O4S. The van der Waals surface area contributed by atoms with Gasteiger partial charge in [0.25, 0.3) is 5.56 Å². The third-order valence-electron chi connectivity index (χ3n) is 5.59. The third-order valence-corrected chi connectivity index (χ3v) is 6.57. The fraction of sp³-hybridized carbons (Fsp3) is 0.259. The second-order valence-corrected chi connectivity index (χ2v) is 9.32. The van der Waals surface area contributed by atoms with E-state index in [0.29, 0.717) is 47.9 Å². The van der Waals surface area contributed by atoms with E-state index in [1.54, 1.807) is 41.2 Å². The first-order valence-corrected chi connectivity index (χ1v) is 12.7. The number of aryl methyl sites for hydroxylation is 1. The van der Waals surface area contributed by atoms with Crippen LogP contribution >= 0.6 is 11.8 Å². The number of hydrogen-bond donors (Lipinski definition) is 2. The molecule has 0 radical (unpaired) electrons. The van der Waals surface area contributed by atoms with Gasteiger partial charge in [0.15, 0.2) is 5.16 Å². The van der Waals surface area contributed by atoms with Crippen LogP contribution in [0.1, 0.15) is 29.7 Å². The molecule has 9 heteroatoms. The standard InChI is InChI=1S/C27H28N4O4S/c1-19-10-12-20(13-11-19)16-28-25(33)18-36-27-30-23-8-3-2-7-22(23)26(34)31(27)14-4-9-24(32)29-17-21-6-5-15-35-21/h2-3,5-8,10-13,15H,4,9,14,16-18H2,1H3,(H,28,33)(H,29,32). The first kappa shape index (κ1) is 25.2. The van der Waals surface area contributed by atoms with Gasteiger partial charge in [-0.15, -0.1) is 0 Å². The van der Waals surface area contributed by atoms with E-state index in [2.05, 4.69) is 15.6 Å². The lowest BCUT2D eigenvalue weighted by molar-refractivity contribution is -0.121. The molecule has 0 fully saturated rings. The largest absolute Gasteiger partial charge is 0.467 e. The van der Waals surface area contributed by atoms with Crippen LogP contribution in [-0.4, -0.2) is 27.1 Å². The molecule has 0 aliphatic carbocycles. The van der Waals surface area contributed by atoms with Gasteiger partial charge in [0.1, 0.15) is 5.76 Å². The summed E-state index contributed by atoms with van der Waals surface area (Å²) in [6, 6.07) is 18.7. The zero-order valence-corrected chi connectivity index (χ0v) is 20.8. The SMILES string of the molecule is Cc1ccc(CNC(=O)CSc2nc3ccccc3c(=O)n2CCCC(=O)NCc2ccco2)cc1. The highest BCUT2D eigenvalue weighted by molar-refractivity contribution is 7.99. The molecule has 186 valence electrons. The predicted octanol–water partition coefficient (Wildman–Crippen LogP) is 3.80. The van der Waals surface area contributed by atoms with Gasteiger partial charge in [-0.25, -0.2) is 4.98 Å². The van der Waals surface area contributed by atoms with Crippen LogP contribution in [0.15, 0.2) is 81.3 Å². The molecule has 0 bridgehead atoms. The number of carbonyl (C=O) groups excluding carboxylic acids is 2. The summed E-state index contributed by atoms with van der Waals surface area (Å²) >= 11 is 1.22. The summed E-state index contributed by atoms with van der Waals surface area (Å²) in [7, 11) is 0. The van der Waals surface area contributed by atoms with Crippen molar-refractivity contribution >= 4 is 34.5 Å². The Morgan fingerprint density at radius 3 is 2.53 bits per heavy atom. The van der Waals surface area contributed by atoms with Gasteiger partial charge in [-0.05, 0) is 43.2 Å². The lowest BCUT2D eigenvalue weighted by Crippen LogP contribution is -2.27. The highest BCUT2D eigenvalue weighted by atomic mass is 32.2. The average molecular weight is 505 g/mol. The lowest BCUT2D eigenvalue weighted by atomic mass is 10.1. The second kappa shape index (κ2) is 12.2. The Bertz CT molecular complexity index is 1380. The van der Waals surface area contributed by atoms with Crippen molar-refractivity contribution in [1.29, 1.82) is 0 Å². The van der Waals surface area contributed by atoms with E-state index in [1.807, 2.05) is 37.3 Å². The number of amides is 2. The van der Waals surface area contributed by atoms with Crippen molar-refractivity contribution in [2.75, 3.05) is 5.75 Å². The van der Waals surface area contributed by atoms with Crippen molar-refractivity contribution in [2.24, 2.45) is 0 Å². The van der Waals surface area contributed by atoms with Crippen LogP contribution in [0, 0.1) is 6.92 Å². The molecule has 0 atom stereocenters. The number of aromatic nitrogens is 2. The summed E-state index contributed by atoms with van der Waals surface area (Å²) < 4.78 is 6.78. The summed E-state index contributed by atoms with van der Waals surface area (Å²) in [6.07, 6.45) is 2.26. The molecule has 8 nitrogen and oxygen atoms in total. The molecular weight excluding hydrogens is 476 g/mol. The van der Waals surface area contributed by atoms with Crippen LogP contribution in [-0.2, 0) is 29.2 Å². The Labute approximate surface area is 213 Å². The van der Waals surface area contributed by atoms with E-state index in [1.165, 1.54) is 11.8 Å². The highest BCUT2D eigenvalue weighted by Gasteiger charge is 2.14. The molecule has 0 aliphatic rings. The van der Waals surface area contributed by atoms with Gasteiger partial charge in [-0.1, -0.05) is 53.7 Å². The number of fused-ring (bicyclic) bond motifs is 1. The van der Waals surface area contributed by atoms with E-state index in [-0.39, 0.29) is 29.5 Å². The minimum Gasteiger partial charge on any atom is -0.467 e. The number of thioether (sulfide) groups is 1. The normalized spacial score (nSPS) is 10.9. The molecule has 0 saturated carbocycles. The number of nitrogens with zero attached hydrogens (tertiary/aromatic N) is 2. The monoisotopic (exact) mass is 504 g/mol. The maximum absolute atomic E-state index is 13.2. The summed E-state index contributed by atoms with van der Waals surface area (Å²) in [5.74, 6) is 0.530. The lowest BCUT2D eigenvalue weighted by Gasteiger charge is -2.13. The highest BCUT2D eigenvalue weighted by Crippen LogP contribution is 2.18. The Morgan fingerprint density at radius 1 is 0.972 bits per heavy atom. The smallest absolute Gasteiger partial charge is 0.262 e. The van der Waals surface area contributed by atoms with Gasteiger partial charge in [-0.3, -0.25) is 19.0 Å². The maximum atomic E-state index is 13.2. The van der Waals surface area contributed by atoms with E-state index in [0.717, 1.165) is 11.1 Å². The van der Waals surface area contributed by atoms with Gasteiger partial charge in [0.2, 0.25) is 11.8 Å². The van der Waals surface area contributed by atoms with Crippen LogP contribution in [0.3, 0.4) is 0 Å². The van der Waals surface area contributed by atoms with Crippen LogP contribution in [0.5, 0.6) is 0 Å². The minimum absolute atomic E-state index is 0.125. The predicted molar refractivity (Wildman–Crippen MR) is 140 cm³/mol. The van der Waals surface area contributed by atoms with E-state index in [4.69, 9.17) is 4.42 Å². The Morgan fingerprint density at radius 2 is 1.75 bits per heavy atom. The van der Waals surface area contributed by atoms with Crippen molar-refractivity contribution in [3.05, 3.63) is 94.2 Å². The summed E-state index contributed by atoms with van der Waals surface area (Å²) in [5.41, 5.74) is 2.58. The molecule has 4 aromatic rings. The summed E-state index contributed by atoms with van der Waals surface area (Å²) in [5, 5.41) is 6.68. The molecule has 2 aromatic heterocycles. The van der Waals surface area contributed by atoms with E-state index in [9.17, 15) is 14.4 Å². The topological polar surface area (TPSA) is 106 Å². The summed E-state index contributed by atoms with van der Waals surface area (Å²) in [4.78, 5) is 42.5. The Hall–Kier alpha value is -3.85. The number of nitrogens with one attached hydrogen (secondary N) is 2. The van der Waals surface area contributed by atoms with Crippen LogP contribution in [0.25, 0.3) is 10.9 Å².